The van der Waals surface area contributed by atoms with Crippen LogP contribution in [-0.4, -0.2) is 19.9 Å². The van der Waals surface area contributed by atoms with Crippen molar-refractivity contribution < 1.29 is 4.74 Å². The molecule has 82 valence electrons. The van der Waals surface area contributed by atoms with Crippen molar-refractivity contribution in [3.8, 4) is 5.88 Å². The standard InChI is InChI=1S/C10H9ClN4O/c1-7(8-5-12-2-3-13-8)16-10-4-9(11)14-6-15-10/h2-7H,1H3. The summed E-state index contributed by atoms with van der Waals surface area (Å²) in [5.74, 6) is 0.415. The molecule has 0 aliphatic carbocycles. The molecule has 0 fully saturated rings. The van der Waals surface area contributed by atoms with Gasteiger partial charge in [0, 0.05) is 18.5 Å². The van der Waals surface area contributed by atoms with Crippen molar-refractivity contribution in [2.45, 2.75) is 13.0 Å². The predicted molar refractivity (Wildman–Crippen MR) is 58.1 cm³/mol. The first-order chi connectivity index (χ1) is 7.75. The second-order valence-electron chi connectivity index (χ2n) is 3.07. The zero-order valence-corrected chi connectivity index (χ0v) is 9.30. The molecular formula is C10H9ClN4O. The summed E-state index contributed by atoms with van der Waals surface area (Å²) < 4.78 is 5.54. The van der Waals surface area contributed by atoms with Crippen molar-refractivity contribution >= 4 is 11.6 Å². The zero-order valence-electron chi connectivity index (χ0n) is 8.54. The third kappa shape index (κ3) is 2.64. The molecule has 0 amide bonds. The fourth-order valence-corrected chi connectivity index (χ4v) is 1.28. The molecule has 2 heterocycles. The van der Waals surface area contributed by atoms with E-state index in [0.29, 0.717) is 11.0 Å². The second-order valence-corrected chi connectivity index (χ2v) is 3.46. The van der Waals surface area contributed by atoms with Crippen LogP contribution in [0.5, 0.6) is 5.88 Å². The minimum atomic E-state index is -0.236. The normalized spacial score (nSPS) is 12.1. The van der Waals surface area contributed by atoms with Crippen molar-refractivity contribution in [2.75, 3.05) is 0 Å². The first kappa shape index (κ1) is 10.8. The first-order valence-electron chi connectivity index (χ1n) is 4.66. The number of rotatable bonds is 3. The molecule has 6 heteroatoms. The monoisotopic (exact) mass is 236 g/mol. The average Bonchev–Trinajstić information content (AvgIpc) is 2.30. The lowest BCUT2D eigenvalue weighted by Crippen LogP contribution is -2.06. The minimum absolute atomic E-state index is 0.236. The Morgan fingerprint density at radius 2 is 2.12 bits per heavy atom. The third-order valence-corrected chi connectivity index (χ3v) is 2.11. The van der Waals surface area contributed by atoms with E-state index in [2.05, 4.69) is 19.9 Å². The minimum Gasteiger partial charge on any atom is -0.468 e. The van der Waals surface area contributed by atoms with Gasteiger partial charge in [0.05, 0.1) is 11.9 Å². The van der Waals surface area contributed by atoms with Gasteiger partial charge >= 0.3 is 0 Å². The van der Waals surface area contributed by atoms with Crippen molar-refractivity contribution in [3.63, 3.8) is 0 Å². The molecule has 0 aliphatic rings. The lowest BCUT2D eigenvalue weighted by molar-refractivity contribution is 0.212. The van der Waals surface area contributed by atoms with E-state index in [1.807, 2.05) is 6.92 Å². The molecular weight excluding hydrogens is 228 g/mol. The maximum absolute atomic E-state index is 5.72. The molecule has 0 spiro atoms. The van der Waals surface area contributed by atoms with Gasteiger partial charge in [0.1, 0.15) is 17.6 Å². The van der Waals surface area contributed by atoms with Gasteiger partial charge in [-0.25, -0.2) is 9.97 Å². The number of ether oxygens (including phenoxy) is 1. The van der Waals surface area contributed by atoms with E-state index < -0.39 is 0 Å². The molecule has 0 N–H and O–H groups in total. The summed E-state index contributed by atoms with van der Waals surface area (Å²) in [7, 11) is 0. The van der Waals surface area contributed by atoms with Gasteiger partial charge in [0.25, 0.3) is 0 Å². The van der Waals surface area contributed by atoms with Crippen LogP contribution in [0.1, 0.15) is 18.7 Å². The Bertz CT molecular complexity index is 465. The molecule has 0 radical (unpaired) electrons. The van der Waals surface area contributed by atoms with E-state index in [4.69, 9.17) is 16.3 Å². The molecule has 5 nitrogen and oxygen atoms in total. The molecule has 0 aliphatic heterocycles. The molecule has 1 unspecified atom stereocenters. The Kier molecular flexibility index (Phi) is 3.26. The molecule has 0 aromatic carbocycles. The lowest BCUT2D eigenvalue weighted by atomic mass is 10.3. The molecule has 0 saturated heterocycles. The molecule has 0 bridgehead atoms. The van der Waals surface area contributed by atoms with Gasteiger partial charge in [-0.2, -0.15) is 0 Å². The van der Waals surface area contributed by atoms with Gasteiger partial charge in [0.2, 0.25) is 5.88 Å². The smallest absolute Gasteiger partial charge is 0.218 e. The van der Waals surface area contributed by atoms with Crippen molar-refractivity contribution in [3.05, 3.63) is 41.8 Å². The summed E-state index contributed by atoms with van der Waals surface area (Å²) in [6, 6.07) is 1.55. The molecule has 2 rings (SSSR count). The highest BCUT2D eigenvalue weighted by atomic mass is 35.5. The SMILES string of the molecule is CC(Oc1cc(Cl)ncn1)c1cnccn1. The Hall–Kier alpha value is -1.75. The van der Waals surface area contributed by atoms with Gasteiger partial charge in [-0.05, 0) is 6.92 Å². The van der Waals surface area contributed by atoms with Crippen molar-refractivity contribution in [1.29, 1.82) is 0 Å². The van der Waals surface area contributed by atoms with E-state index in [9.17, 15) is 0 Å². The van der Waals surface area contributed by atoms with E-state index in [0.717, 1.165) is 5.69 Å². The van der Waals surface area contributed by atoms with E-state index in [1.165, 1.54) is 6.33 Å². The summed E-state index contributed by atoms with van der Waals surface area (Å²) in [6.07, 6.45) is 5.98. The topological polar surface area (TPSA) is 60.8 Å². The maximum atomic E-state index is 5.72. The first-order valence-corrected chi connectivity index (χ1v) is 5.03. The van der Waals surface area contributed by atoms with Crippen molar-refractivity contribution in [2.24, 2.45) is 0 Å². The van der Waals surface area contributed by atoms with Gasteiger partial charge in [-0.3, -0.25) is 9.97 Å². The number of nitrogens with zero attached hydrogens (tertiary/aromatic N) is 4. The van der Waals surface area contributed by atoms with Gasteiger partial charge in [-0.15, -0.1) is 0 Å². The fourth-order valence-electron chi connectivity index (χ4n) is 1.14. The van der Waals surface area contributed by atoms with E-state index in [-0.39, 0.29) is 6.10 Å². The number of aromatic nitrogens is 4. The number of halogens is 1. The van der Waals surface area contributed by atoms with Crippen molar-refractivity contribution in [1.82, 2.24) is 19.9 Å². The van der Waals surface area contributed by atoms with Gasteiger partial charge < -0.3 is 4.74 Å². The summed E-state index contributed by atoms with van der Waals surface area (Å²) in [6.45, 7) is 1.86. The highest BCUT2D eigenvalue weighted by molar-refractivity contribution is 6.29. The summed E-state index contributed by atoms with van der Waals surface area (Å²) in [5, 5.41) is 0.344. The van der Waals surface area contributed by atoms with Crippen LogP contribution in [-0.2, 0) is 0 Å². The number of hydrogen-bond donors (Lipinski definition) is 0. The highest BCUT2D eigenvalue weighted by Crippen LogP contribution is 2.18. The quantitative estimate of drug-likeness (QED) is 0.764. The molecule has 1 atom stereocenters. The van der Waals surface area contributed by atoms with Crippen LogP contribution in [0.2, 0.25) is 5.15 Å². The highest BCUT2D eigenvalue weighted by Gasteiger charge is 2.09. The predicted octanol–water partition coefficient (Wildman–Crippen LogP) is 2.06. The van der Waals surface area contributed by atoms with Crippen LogP contribution in [0.25, 0.3) is 0 Å². The van der Waals surface area contributed by atoms with Crippen LogP contribution in [0.4, 0.5) is 0 Å². The largest absolute Gasteiger partial charge is 0.468 e. The van der Waals surface area contributed by atoms with Crippen LogP contribution in [0.15, 0.2) is 31.0 Å². The summed E-state index contributed by atoms with van der Waals surface area (Å²) in [4.78, 5) is 15.8. The summed E-state index contributed by atoms with van der Waals surface area (Å²) in [5.41, 5.74) is 0.734. The lowest BCUT2D eigenvalue weighted by Gasteiger charge is -2.12. The fraction of sp³-hybridized carbons (Fsp3) is 0.200. The maximum Gasteiger partial charge on any atom is 0.218 e. The Balaban J connectivity index is 2.11. The second kappa shape index (κ2) is 4.85. The number of hydrogen-bond acceptors (Lipinski definition) is 5. The zero-order chi connectivity index (χ0) is 11.4. The van der Waals surface area contributed by atoms with Crippen LogP contribution >= 0.6 is 11.6 Å². The van der Waals surface area contributed by atoms with E-state index >= 15 is 0 Å². The van der Waals surface area contributed by atoms with Crippen LogP contribution in [0, 0.1) is 0 Å². The van der Waals surface area contributed by atoms with Gasteiger partial charge in [0.15, 0.2) is 0 Å². The molecule has 0 saturated carbocycles. The van der Waals surface area contributed by atoms with Gasteiger partial charge in [-0.1, -0.05) is 11.6 Å². The molecule has 16 heavy (non-hydrogen) atoms. The molecule has 2 aromatic heterocycles. The summed E-state index contributed by atoms with van der Waals surface area (Å²) >= 11 is 5.72. The molecule has 2 aromatic rings. The Labute approximate surface area is 97.5 Å². The average molecular weight is 237 g/mol. The van der Waals surface area contributed by atoms with E-state index in [1.54, 1.807) is 24.7 Å². The Morgan fingerprint density at radius 3 is 2.81 bits per heavy atom. The Morgan fingerprint density at radius 1 is 1.25 bits per heavy atom. The van der Waals surface area contributed by atoms with Crippen LogP contribution < -0.4 is 4.74 Å². The third-order valence-electron chi connectivity index (χ3n) is 1.91. The van der Waals surface area contributed by atoms with Crippen LogP contribution in [0.3, 0.4) is 0 Å².